The maximum Gasteiger partial charge on any atom is 0.186 e. The van der Waals surface area contributed by atoms with Crippen LogP contribution in [0.2, 0.25) is 0 Å². The number of methoxy groups -OCH3 is 1. The first-order chi connectivity index (χ1) is 9.98. The van der Waals surface area contributed by atoms with Crippen molar-refractivity contribution in [3.63, 3.8) is 0 Å². The fraction of sp³-hybridized carbons (Fsp3) is 0.250. The van der Waals surface area contributed by atoms with Crippen LogP contribution in [0, 0.1) is 6.92 Å². The van der Waals surface area contributed by atoms with E-state index >= 15 is 0 Å². The Hall–Kier alpha value is -1.85. The maximum atomic E-state index is 12.8. The van der Waals surface area contributed by atoms with Crippen LogP contribution in [0.1, 0.15) is 16.4 Å². The molecule has 2 N–H and O–H groups in total. The summed E-state index contributed by atoms with van der Waals surface area (Å²) in [6.45, 7) is 1.97. The van der Waals surface area contributed by atoms with Gasteiger partial charge in [-0.05, 0) is 36.8 Å². The van der Waals surface area contributed by atoms with Crippen molar-refractivity contribution >= 4 is 9.84 Å². The summed E-state index contributed by atoms with van der Waals surface area (Å²) < 4.78 is 30.6. The Morgan fingerprint density at radius 2 is 1.81 bits per heavy atom. The van der Waals surface area contributed by atoms with Crippen LogP contribution in [0.25, 0.3) is 0 Å². The topological polar surface area (TPSA) is 69.4 Å². The smallest absolute Gasteiger partial charge is 0.186 e. The molecule has 0 radical (unpaired) electrons. The van der Waals surface area contributed by atoms with E-state index in [-0.39, 0.29) is 11.4 Å². The van der Waals surface area contributed by atoms with Gasteiger partial charge in [-0.15, -0.1) is 0 Å². The fourth-order valence-corrected chi connectivity index (χ4v) is 3.84. The molecule has 112 valence electrons. The van der Waals surface area contributed by atoms with E-state index in [0.29, 0.717) is 11.3 Å². The Bertz CT molecular complexity index is 709. The van der Waals surface area contributed by atoms with Gasteiger partial charge in [0.15, 0.2) is 9.84 Å². The molecule has 0 aliphatic rings. The Kier molecular flexibility index (Phi) is 4.65. The van der Waals surface area contributed by atoms with Crippen LogP contribution < -0.4 is 10.5 Å². The zero-order valence-corrected chi connectivity index (χ0v) is 12.9. The summed E-state index contributed by atoms with van der Waals surface area (Å²) in [6.07, 6.45) is 0. The molecular weight excluding hydrogens is 286 g/mol. The number of aryl methyl sites for hydroxylation is 1. The van der Waals surface area contributed by atoms with Crippen molar-refractivity contribution in [2.75, 3.05) is 13.7 Å². The fourth-order valence-electron chi connectivity index (χ4n) is 2.24. The number of hydrogen-bond donors (Lipinski definition) is 1. The molecule has 4 nitrogen and oxygen atoms in total. The van der Waals surface area contributed by atoms with Gasteiger partial charge in [-0.3, -0.25) is 0 Å². The van der Waals surface area contributed by atoms with Crippen molar-refractivity contribution in [1.82, 2.24) is 0 Å². The van der Waals surface area contributed by atoms with E-state index in [9.17, 15) is 8.42 Å². The van der Waals surface area contributed by atoms with E-state index < -0.39 is 15.1 Å². The van der Waals surface area contributed by atoms with Gasteiger partial charge >= 0.3 is 0 Å². The lowest BCUT2D eigenvalue weighted by molar-refractivity contribution is 0.414. The van der Waals surface area contributed by atoms with Gasteiger partial charge < -0.3 is 10.5 Å². The van der Waals surface area contributed by atoms with E-state index in [4.69, 9.17) is 10.5 Å². The second-order valence-electron chi connectivity index (χ2n) is 4.86. The van der Waals surface area contributed by atoms with Crippen LogP contribution in [0.15, 0.2) is 53.4 Å². The summed E-state index contributed by atoms with van der Waals surface area (Å²) in [5.41, 5.74) is 7.46. The Labute approximate surface area is 125 Å². The molecule has 0 fully saturated rings. The molecule has 0 aliphatic heterocycles. The minimum absolute atomic E-state index is 0.0395. The largest absolute Gasteiger partial charge is 0.497 e. The first kappa shape index (κ1) is 15.5. The van der Waals surface area contributed by atoms with Gasteiger partial charge in [-0.1, -0.05) is 29.8 Å². The van der Waals surface area contributed by atoms with E-state index in [0.717, 1.165) is 5.56 Å². The second-order valence-corrected chi connectivity index (χ2v) is 6.99. The number of nitrogens with two attached hydrogens (primary N) is 1. The molecule has 0 heterocycles. The van der Waals surface area contributed by atoms with Gasteiger partial charge in [0.25, 0.3) is 0 Å². The first-order valence-corrected chi connectivity index (χ1v) is 8.18. The van der Waals surface area contributed by atoms with Crippen LogP contribution >= 0.6 is 0 Å². The Morgan fingerprint density at radius 1 is 1.14 bits per heavy atom. The normalized spacial score (nSPS) is 12.9. The van der Waals surface area contributed by atoms with Crippen LogP contribution in [-0.4, -0.2) is 22.1 Å². The van der Waals surface area contributed by atoms with Gasteiger partial charge in [0.1, 0.15) is 11.0 Å². The molecule has 0 amide bonds. The first-order valence-electron chi connectivity index (χ1n) is 6.63. The molecule has 0 aromatic heterocycles. The number of rotatable bonds is 5. The minimum Gasteiger partial charge on any atom is -0.497 e. The van der Waals surface area contributed by atoms with Crippen molar-refractivity contribution in [2.45, 2.75) is 17.1 Å². The summed E-state index contributed by atoms with van der Waals surface area (Å²) in [5, 5.41) is -0.745. The zero-order chi connectivity index (χ0) is 15.5. The molecule has 0 saturated carbocycles. The predicted octanol–water partition coefficient (Wildman–Crippen LogP) is 2.48. The van der Waals surface area contributed by atoms with Crippen molar-refractivity contribution in [3.05, 3.63) is 59.7 Å². The van der Waals surface area contributed by atoms with Crippen molar-refractivity contribution < 1.29 is 13.2 Å². The van der Waals surface area contributed by atoms with E-state index in [1.807, 2.05) is 25.1 Å². The minimum atomic E-state index is -3.53. The molecule has 1 unspecified atom stereocenters. The molecule has 2 aromatic carbocycles. The monoisotopic (exact) mass is 305 g/mol. The molecular formula is C16H19NO3S. The highest BCUT2D eigenvalue weighted by Crippen LogP contribution is 2.29. The van der Waals surface area contributed by atoms with Crippen LogP contribution in [0.5, 0.6) is 5.75 Å². The highest BCUT2D eigenvalue weighted by molar-refractivity contribution is 7.91. The SMILES string of the molecule is COc1ccc(S(=O)(=O)C(CN)c2cccc(C)c2)cc1. The van der Waals surface area contributed by atoms with Crippen LogP contribution in [-0.2, 0) is 9.84 Å². The van der Waals surface area contributed by atoms with Crippen LogP contribution in [0.4, 0.5) is 0 Å². The van der Waals surface area contributed by atoms with Crippen molar-refractivity contribution in [2.24, 2.45) is 5.73 Å². The number of ether oxygens (including phenoxy) is 1. The molecule has 0 bridgehead atoms. The lowest BCUT2D eigenvalue weighted by Gasteiger charge is -2.17. The second kappa shape index (κ2) is 6.28. The van der Waals surface area contributed by atoms with E-state index in [1.165, 1.54) is 0 Å². The molecule has 5 heteroatoms. The Morgan fingerprint density at radius 3 is 2.33 bits per heavy atom. The number of hydrogen-bond acceptors (Lipinski definition) is 4. The van der Waals surface area contributed by atoms with Gasteiger partial charge in [0.2, 0.25) is 0 Å². The maximum absolute atomic E-state index is 12.8. The lowest BCUT2D eigenvalue weighted by atomic mass is 10.1. The van der Waals surface area contributed by atoms with Gasteiger partial charge in [0.05, 0.1) is 12.0 Å². The molecule has 2 aromatic rings. The molecule has 1 atom stereocenters. The summed E-state index contributed by atoms with van der Waals surface area (Å²) in [7, 11) is -1.99. The van der Waals surface area contributed by atoms with Gasteiger partial charge in [-0.25, -0.2) is 8.42 Å². The summed E-state index contributed by atoms with van der Waals surface area (Å²) in [5.74, 6) is 0.619. The molecule has 2 rings (SSSR count). The highest BCUT2D eigenvalue weighted by Gasteiger charge is 2.27. The van der Waals surface area contributed by atoms with E-state index in [1.54, 1.807) is 37.4 Å². The summed E-state index contributed by atoms with van der Waals surface area (Å²) >= 11 is 0. The number of benzene rings is 2. The van der Waals surface area contributed by atoms with Crippen molar-refractivity contribution in [3.8, 4) is 5.75 Å². The third-order valence-corrected chi connectivity index (χ3v) is 5.53. The zero-order valence-electron chi connectivity index (χ0n) is 12.1. The van der Waals surface area contributed by atoms with Gasteiger partial charge in [-0.2, -0.15) is 0 Å². The third kappa shape index (κ3) is 3.25. The Balaban J connectivity index is 2.44. The third-order valence-electron chi connectivity index (χ3n) is 3.39. The lowest BCUT2D eigenvalue weighted by Crippen LogP contribution is -2.22. The van der Waals surface area contributed by atoms with Crippen LogP contribution in [0.3, 0.4) is 0 Å². The van der Waals surface area contributed by atoms with Gasteiger partial charge in [0, 0.05) is 6.54 Å². The molecule has 0 aliphatic carbocycles. The average molecular weight is 305 g/mol. The standard InChI is InChI=1S/C16H19NO3S/c1-12-4-3-5-13(10-12)16(11-17)21(18,19)15-8-6-14(20-2)7-9-15/h3-10,16H,11,17H2,1-2H3. The molecule has 21 heavy (non-hydrogen) atoms. The average Bonchev–Trinajstić information content (AvgIpc) is 2.48. The molecule has 0 saturated heterocycles. The predicted molar refractivity (Wildman–Crippen MR) is 83.2 cm³/mol. The number of sulfone groups is 1. The quantitative estimate of drug-likeness (QED) is 0.921. The van der Waals surface area contributed by atoms with E-state index in [2.05, 4.69) is 0 Å². The molecule has 0 spiro atoms. The summed E-state index contributed by atoms with van der Waals surface area (Å²) in [4.78, 5) is 0.250. The highest BCUT2D eigenvalue weighted by atomic mass is 32.2. The summed E-state index contributed by atoms with van der Waals surface area (Å²) in [6, 6.07) is 13.8. The van der Waals surface area contributed by atoms with Crippen molar-refractivity contribution in [1.29, 1.82) is 0 Å².